The molecule has 1 heterocycles. The third-order valence-corrected chi connectivity index (χ3v) is 3.19. The van der Waals surface area contributed by atoms with Gasteiger partial charge in [0.25, 0.3) is 0 Å². The zero-order valence-corrected chi connectivity index (χ0v) is 8.94. The first-order valence-electron chi connectivity index (χ1n) is 5.23. The second-order valence-electron chi connectivity index (χ2n) is 4.24. The van der Waals surface area contributed by atoms with Gasteiger partial charge < -0.3 is 15.7 Å². The molecule has 1 rings (SSSR count). The number of nitrogens with two attached hydrogens (primary N) is 1. The Bertz CT molecular complexity index is 208. The van der Waals surface area contributed by atoms with E-state index in [1.807, 2.05) is 6.92 Å². The van der Waals surface area contributed by atoms with Crippen molar-refractivity contribution in [3.05, 3.63) is 0 Å². The smallest absolute Gasteiger partial charge is 0.308 e. The van der Waals surface area contributed by atoms with Gasteiger partial charge >= 0.3 is 5.97 Å². The maximum Gasteiger partial charge on any atom is 0.308 e. The van der Waals surface area contributed by atoms with Gasteiger partial charge in [0, 0.05) is 12.6 Å². The minimum absolute atomic E-state index is 0.192. The third-order valence-electron chi connectivity index (χ3n) is 3.19. The highest BCUT2D eigenvalue weighted by atomic mass is 16.4. The predicted molar refractivity (Wildman–Crippen MR) is 55.0 cm³/mol. The number of nitrogens with zero attached hydrogens (tertiary/aromatic N) is 1. The van der Waals surface area contributed by atoms with E-state index >= 15 is 0 Å². The van der Waals surface area contributed by atoms with E-state index in [2.05, 4.69) is 11.9 Å². The van der Waals surface area contributed by atoms with E-state index in [9.17, 15) is 4.79 Å². The van der Waals surface area contributed by atoms with E-state index in [-0.39, 0.29) is 12.0 Å². The summed E-state index contributed by atoms with van der Waals surface area (Å²) in [5.74, 6) is -0.790. The van der Waals surface area contributed by atoms with Crippen LogP contribution in [0, 0.1) is 11.8 Å². The molecule has 0 bridgehead atoms. The summed E-state index contributed by atoms with van der Waals surface area (Å²) >= 11 is 0. The third kappa shape index (κ3) is 2.45. The molecule has 1 saturated heterocycles. The van der Waals surface area contributed by atoms with Gasteiger partial charge in [0.15, 0.2) is 0 Å². The summed E-state index contributed by atoms with van der Waals surface area (Å²) in [6.07, 6.45) is 1.65. The zero-order valence-electron chi connectivity index (χ0n) is 8.94. The van der Waals surface area contributed by atoms with Gasteiger partial charge in [-0.05, 0) is 32.4 Å². The number of carbonyl (C=O) groups is 1. The fraction of sp³-hybridized carbons (Fsp3) is 0.900. The SMILES string of the molecule is CCC(C(=O)O)C(N)C1CCN(C)C1. The molecule has 0 aliphatic carbocycles. The molecule has 1 aliphatic rings. The normalized spacial score (nSPS) is 27.5. The van der Waals surface area contributed by atoms with E-state index in [0.717, 1.165) is 19.5 Å². The van der Waals surface area contributed by atoms with Crippen molar-refractivity contribution < 1.29 is 9.90 Å². The first-order valence-corrected chi connectivity index (χ1v) is 5.23. The Balaban J connectivity index is 2.54. The highest BCUT2D eigenvalue weighted by Gasteiger charge is 2.33. The van der Waals surface area contributed by atoms with Crippen LogP contribution in [-0.4, -0.2) is 42.2 Å². The van der Waals surface area contributed by atoms with E-state index in [1.54, 1.807) is 0 Å². The molecule has 0 saturated carbocycles. The molecule has 0 amide bonds. The highest BCUT2D eigenvalue weighted by Crippen LogP contribution is 2.23. The lowest BCUT2D eigenvalue weighted by molar-refractivity contribution is -0.143. The first kappa shape index (κ1) is 11.5. The molecule has 1 fully saturated rings. The number of carboxylic acids is 1. The quantitative estimate of drug-likeness (QED) is 0.688. The van der Waals surface area contributed by atoms with E-state index in [1.165, 1.54) is 0 Å². The summed E-state index contributed by atoms with van der Waals surface area (Å²) in [7, 11) is 2.05. The Morgan fingerprint density at radius 3 is 2.71 bits per heavy atom. The van der Waals surface area contributed by atoms with Gasteiger partial charge in [0.1, 0.15) is 0 Å². The van der Waals surface area contributed by atoms with Crippen molar-refractivity contribution in [3.8, 4) is 0 Å². The van der Waals surface area contributed by atoms with Gasteiger partial charge in [-0.15, -0.1) is 0 Å². The molecule has 3 atom stereocenters. The lowest BCUT2D eigenvalue weighted by Gasteiger charge is -2.24. The van der Waals surface area contributed by atoms with Crippen LogP contribution in [0.5, 0.6) is 0 Å². The number of hydrogen-bond acceptors (Lipinski definition) is 3. The molecule has 4 heteroatoms. The molecule has 14 heavy (non-hydrogen) atoms. The van der Waals surface area contributed by atoms with Crippen LogP contribution >= 0.6 is 0 Å². The highest BCUT2D eigenvalue weighted by molar-refractivity contribution is 5.70. The van der Waals surface area contributed by atoms with Crippen LogP contribution in [0.2, 0.25) is 0 Å². The average Bonchev–Trinajstić information content (AvgIpc) is 2.52. The maximum atomic E-state index is 10.9. The number of carboxylic acid groups (broad SMARTS) is 1. The van der Waals surface area contributed by atoms with Crippen molar-refractivity contribution in [1.82, 2.24) is 4.90 Å². The summed E-state index contributed by atoms with van der Waals surface area (Å²) < 4.78 is 0. The molecule has 0 radical (unpaired) electrons. The minimum atomic E-state index is -0.755. The summed E-state index contributed by atoms with van der Waals surface area (Å²) in [6.45, 7) is 3.86. The Hall–Kier alpha value is -0.610. The molecule has 3 N–H and O–H groups in total. The van der Waals surface area contributed by atoms with Crippen molar-refractivity contribution in [2.75, 3.05) is 20.1 Å². The zero-order chi connectivity index (χ0) is 10.7. The van der Waals surface area contributed by atoms with Gasteiger partial charge in [0.05, 0.1) is 5.92 Å². The Kier molecular flexibility index (Phi) is 3.89. The lowest BCUT2D eigenvalue weighted by atomic mass is 9.87. The largest absolute Gasteiger partial charge is 0.481 e. The summed E-state index contributed by atoms with van der Waals surface area (Å²) in [6, 6.07) is -0.192. The summed E-state index contributed by atoms with van der Waals surface area (Å²) in [5, 5.41) is 8.98. The molecule has 3 unspecified atom stereocenters. The molecule has 0 spiro atoms. The van der Waals surface area contributed by atoms with Crippen molar-refractivity contribution in [2.24, 2.45) is 17.6 Å². The molecule has 0 aromatic heterocycles. The summed E-state index contributed by atoms with van der Waals surface area (Å²) in [5.41, 5.74) is 5.99. The van der Waals surface area contributed by atoms with E-state index in [0.29, 0.717) is 12.3 Å². The maximum absolute atomic E-state index is 10.9. The van der Waals surface area contributed by atoms with Gasteiger partial charge in [-0.2, -0.15) is 0 Å². The standard InChI is InChI=1S/C10H20N2O2/c1-3-8(10(13)14)9(11)7-4-5-12(2)6-7/h7-9H,3-6,11H2,1-2H3,(H,13,14). The molecule has 82 valence electrons. The molecule has 0 aromatic carbocycles. The fourth-order valence-corrected chi connectivity index (χ4v) is 2.22. The second-order valence-corrected chi connectivity index (χ2v) is 4.24. The molecule has 0 aromatic rings. The fourth-order valence-electron chi connectivity index (χ4n) is 2.22. The van der Waals surface area contributed by atoms with Crippen LogP contribution in [0.1, 0.15) is 19.8 Å². The van der Waals surface area contributed by atoms with Crippen LogP contribution in [0.15, 0.2) is 0 Å². The molecular weight excluding hydrogens is 180 g/mol. The topological polar surface area (TPSA) is 66.6 Å². The number of rotatable bonds is 4. The van der Waals surface area contributed by atoms with Crippen LogP contribution < -0.4 is 5.73 Å². The number of likely N-dealkylation sites (tertiary alicyclic amines) is 1. The second kappa shape index (κ2) is 4.75. The summed E-state index contributed by atoms with van der Waals surface area (Å²) in [4.78, 5) is 13.1. The van der Waals surface area contributed by atoms with Gasteiger partial charge in [-0.3, -0.25) is 4.79 Å². The Labute approximate surface area is 85.1 Å². The van der Waals surface area contributed by atoms with Crippen molar-refractivity contribution >= 4 is 5.97 Å². The molecule has 4 nitrogen and oxygen atoms in total. The Morgan fingerprint density at radius 2 is 2.36 bits per heavy atom. The minimum Gasteiger partial charge on any atom is -0.481 e. The van der Waals surface area contributed by atoms with Crippen molar-refractivity contribution in [3.63, 3.8) is 0 Å². The molecular formula is C10H20N2O2. The lowest BCUT2D eigenvalue weighted by Crippen LogP contribution is -2.42. The molecule has 1 aliphatic heterocycles. The monoisotopic (exact) mass is 200 g/mol. The van der Waals surface area contributed by atoms with Gasteiger partial charge in [0.2, 0.25) is 0 Å². The van der Waals surface area contributed by atoms with Crippen LogP contribution in [0.4, 0.5) is 0 Å². The number of aliphatic carboxylic acids is 1. The average molecular weight is 200 g/mol. The van der Waals surface area contributed by atoms with Crippen molar-refractivity contribution in [2.45, 2.75) is 25.8 Å². The van der Waals surface area contributed by atoms with E-state index in [4.69, 9.17) is 10.8 Å². The van der Waals surface area contributed by atoms with Crippen LogP contribution in [-0.2, 0) is 4.79 Å². The predicted octanol–water partition coefficient (Wildman–Crippen LogP) is 0.376. The Morgan fingerprint density at radius 1 is 1.71 bits per heavy atom. The van der Waals surface area contributed by atoms with Gasteiger partial charge in [-0.1, -0.05) is 6.92 Å². The first-order chi connectivity index (χ1) is 6.56. The van der Waals surface area contributed by atoms with Crippen LogP contribution in [0.25, 0.3) is 0 Å². The van der Waals surface area contributed by atoms with E-state index < -0.39 is 5.97 Å². The van der Waals surface area contributed by atoms with Crippen molar-refractivity contribution in [1.29, 1.82) is 0 Å². The van der Waals surface area contributed by atoms with Crippen LogP contribution in [0.3, 0.4) is 0 Å². The number of hydrogen-bond donors (Lipinski definition) is 2. The van der Waals surface area contributed by atoms with Gasteiger partial charge in [-0.25, -0.2) is 0 Å².